The topological polar surface area (TPSA) is 101 Å². The van der Waals surface area contributed by atoms with E-state index in [1.54, 1.807) is 6.92 Å². The van der Waals surface area contributed by atoms with Gasteiger partial charge in [-0.3, -0.25) is 9.82 Å². The molecule has 0 aliphatic heterocycles. The first-order chi connectivity index (χ1) is 6.82. The predicted molar refractivity (Wildman–Crippen MR) is 60.0 cm³/mol. The number of nitrogens with zero attached hydrogens (tertiary/aromatic N) is 1. The summed E-state index contributed by atoms with van der Waals surface area (Å²) in [6.07, 6.45) is 0. The van der Waals surface area contributed by atoms with E-state index in [9.17, 15) is 8.42 Å². The summed E-state index contributed by atoms with van der Waals surface area (Å²) >= 11 is 0. The van der Waals surface area contributed by atoms with E-state index in [-0.39, 0.29) is 17.5 Å². The van der Waals surface area contributed by atoms with E-state index in [0.29, 0.717) is 11.4 Å². The third kappa shape index (κ3) is 3.12. The summed E-state index contributed by atoms with van der Waals surface area (Å²) in [7, 11) is -3.36. The molecule has 0 unspecified atom stereocenters. The van der Waals surface area contributed by atoms with Crippen molar-refractivity contribution in [1.82, 2.24) is 10.2 Å². The lowest BCUT2D eigenvalue weighted by atomic mass is 10.3. The van der Waals surface area contributed by atoms with Crippen LogP contribution in [0, 0.1) is 12.8 Å². The lowest BCUT2D eigenvalue weighted by Crippen LogP contribution is -2.20. The van der Waals surface area contributed by atoms with Crippen LogP contribution >= 0.6 is 0 Å². The summed E-state index contributed by atoms with van der Waals surface area (Å²) in [5.74, 6) is 0.287. The molecule has 0 saturated heterocycles. The number of nitrogen functional groups attached to an aromatic ring is 1. The van der Waals surface area contributed by atoms with Crippen LogP contribution in [0.5, 0.6) is 0 Å². The standard InChI is InChI=1S/C8H16N4O2S/c1-5(2)4-15(13,14)12-8-7(9)6(3)10-11-8/h5H,4,9H2,1-3H3,(H2,10,11,12). The van der Waals surface area contributed by atoms with Crippen molar-refractivity contribution in [2.45, 2.75) is 20.8 Å². The number of rotatable bonds is 4. The Morgan fingerprint density at radius 1 is 1.53 bits per heavy atom. The lowest BCUT2D eigenvalue weighted by molar-refractivity contribution is 0.587. The van der Waals surface area contributed by atoms with Crippen molar-refractivity contribution in [3.05, 3.63) is 5.69 Å². The summed E-state index contributed by atoms with van der Waals surface area (Å²) in [6, 6.07) is 0. The number of aromatic amines is 1. The van der Waals surface area contributed by atoms with Crippen LogP contribution in [0.25, 0.3) is 0 Å². The number of sulfonamides is 1. The van der Waals surface area contributed by atoms with Crippen molar-refractivity contribution < 1.29 is 8.42 Å². The molecule has 15 heavy (non-hydrogen) atoms. The first-order valence-corrected chi connectivity index (χ1v) is 6.28. The smallest absolute Gasteiger partial charge is 0.234 e. The third-order valence-corrected chi connectivity index (χ3v) is 3.41. The van der Waals surface area contributed by atoms with Crippen molar-refractivity contribution in [3.8, 4) is 0 Å². The molecule has 0 amide bonds. The molecule has 1 rings (SSSR count). The molecule has 0 aliphatic carbocycles. The lowest BCUT2D eigenvalue weighted by Gasteiger charge is -2.07. The molecule has 6 nitrogen and oxygen atoms in total. The van der Waals surface area contributed by atoms with Crippen molar-refractivity contribution in [2.75, 3.05) is 16.2 Å². The Kier molecular flexibility index (Phi) is 3.23. The maximum Gasteiger partial charge on any atom is 0.234 e. The fraction of sp³-hybridized carbons (Fsp3) is 0.625. The first-order valence-electron chi connectivity index (χ1n) is 4.62. The molecule has 0 atom stereocenters. The molecule has 0 saturated carbocycles. The zero-order valence-electron chi connectivity index (χ0n) is 9.03. The first kappa shape index (κ1) is 11.8. The Morgan fingerprint density at radius 2 is 2.13 bits per heavy atom. The predicted octanol–water partition coefficient (Wildman–Crippen LogP) is 0.698. The molecule has 1 aromatic heterocycles. The molecule has 1 heterocycles. The number of H-pyrrole nitrogens is 1. The minimum absolute atomic E-state index is 0.0539. The molecule has 7 heteroatoms. The Bertz CT molecular complexity index is 435. The van der Waals surface area contributed by atoms with Gasteiger partial charge in [0.1, 0.15) is 0 Å². The zero-order valence-corrected chi connectivity index (χ0v) is 9.85. The highest BCUT2D eigenvalue weighted by Gasteiger charge is 2.16. The average Bonchev–Trinajstić information content (AvgIpc) is 2.33. The normalized spacial score (nSPS) is 12.0. The van der Waals surface area contributed by atoms with Crippen molar-refractivity contribution in [1.29, 1.82) is 0 Å². The monoisotopic (exact) mass is 232 g/mol. The van der Waals surface area contributed by atoms with Crippen LogP contribution in [0.15, 0.2) is 0 Å². The molecular formula is C8H16N4O2S. The number of aromatic nitrogens is 2. The molecule has 86 valence electrons. The largest absolute Gasteiger partial charge is 0.394 e. The van der Waals surface area contributed by atoms with E-state index < -0.39 is 10.0 Å². The molecule has 0 fully saturated rings. The highest BCUT2D eigenvalue weighted by Crippen LogP contribution is 2.19. The van der Waals surface area contributed by atoms with Gasteiger partial charge in [-0.15, -0.1) is 0 Å². The van der Waals surface area contributed by atoms with E-state index in [2.05, 4.69) is 14.9 Å². The Morgan fingerprint density at radius 3 is 2.53 bits per heavy atom. The van der Waals surface area contributed by atoms with Gasteiger partial charge in [0.25, 0.3) is 0 Å². The van der Waals surface area contributed by atoms with Crippen LogP contribution in [0.2, 0.25) is 0 Å². The fourth-order valence-electron chi connectivity index (χ4n) is 1.14. The highest BCUT2D eigenvalue weighted by molar-refractivity contribution is 7.92. The number of aryl methyl sites for hydroxylation is 1. The van der Waals surface area contributed by atoms with Gasteiger partial charge in [0, 0.05) is 0 Å². The molecule has 0 aliphatic rings. The summed E-state index contributed by atoms with van der Waals surface area (Å²) in [5, 5.41) is 6.38. The van der Waals surface area contributed by atoms with Gasteiger partial charge in [-0.05, 0) is 12.8 Å². The van der Waals surface area contributed by atoms with Gasteiger partial charge in [0.2, 0.25) is 10.0 Å². The number of nitrogens with one attached hydrogen (secondary N) is 2. The van der Waals surface area contributed by atoms with E-state index in [1.807, 2.05) is 13.8 Å². The zero-order chi connectivity index (χ0) is 11.6. The Labute approximate surface area is 89.3 Å². The second-order valence-corrected chi connectivity index (χ2v) is 5.66. The summed E-state index contributed by atoms with van der Waals surface area (Å²) < 4.78 is 25.4. The fourth-order valence-corrected chi connectivity index (χ4v) is 2.55. The number of nitrogens with two attached hydrogens (primary N) is 1. The average molecular weight is 232 g/mol. The molecule has 4 N–H and O–H groups in total. The maximum atomic E-state index is 11.6. The van der Waals surface area contributed by atoms with Gasteiger partial charge in [-0.2, -0.15) is 5.10 Å². The van der Waals surface area contributed by atoms with E-state index >= 15 is 0 Å². The summed E-state index contributed by atoms with van der Waals surface area (Å²) in [5.41, 5.74) is 6.61. The second-order valence-electron chi connectivity index (χ2n) is 3.89. The van der Waals surface area contributed by atoms with Gasteiger partial charge < -0.3 is 5.73 Å². The van der Waals surface area contributed by atoms with Crippen molar-refractivity contribution >= 4 is 21.5 Å². The van der Waals surface area contributed by atoms with Crippen LogP contribution in [0.1, 0.15) is 19.5 Å². The highest BCUT2D eigenvalue weighted by atomic mass is 32.2. The van der Waals surface area contributed by atoms with Crippen LogP contribution in [0.3, 0.4) is 0 Å². The van der Waals surface area contributed by atoms with Gasteiger partial charge in [0.05, 0.1) is 17.1 Å². The van der Waals surface area contributed by atoms with Crippen molar-refractivity contribution in [2.24, 2.45) is 5.92 Å². The molecule has 0 aromatic carbocycles. The van der Waals surface area contributed by atoms with E-state index in [4.69, 9.17) is 5.73 Å². The van der Waals surface area contributed by atoms with Crippen LogP contribution in [-0.4, -0.2) is 24.4 Å². The molecule has 0 bridgehead atoms. The summed E-state index contributed by atoms with van der Waals surface area (Å²) in [6.45, 7) is 5.39. The van der Waals surface area contributed by atoms with Gasteiger partial charge in [-0.1, -0.05) is 13.8 Å². The molecule has 1 aromatic rings. The van der Waals surface area contributed by atoms with E-state index in [1.165, 1.54) is 0 Å². The number of hydrogen-bond donors (Lipinski definition) is 3. The number of hydrogen-bond acceptors (Lipinski definition) is 4. The van der Waals surface area contributed by atoms with Crippen LogP contribution in [-0.2, 0) is 10.0 Å². The molecular weight excluding hydrogens is 216 g/mol. The molecule has 0 radical (unpaired) electrons. The summed E-state index contributed by atoms with van der Waals surface area (Å²) in [4.78, 5) is 0. The second kappa shape index (κ2) is 4.09. The minimum atomic E-state index is -3.36. The number of anilines is 2. The Hall–Kier alpha value is -1.24. The Balaban J connectivity index is 2.82. The van der Waals surface area contributed by atoms with Crippen LogP contribution in [0.4, 0.5) is 11.5 Å². The van der Waals surface area contributed by atoms with Gasteiger partial charge in [0.15, 0.2) is 5.82 Å². The minimum Gasteiger partial charge on any atom is -0.394 e. The van der Waals surface area contributed by atoms with Crippen LogP contribution < -0.4 is 10.5 Å². The quantitative estimate of drug-likeness (QED) is 0.711. The van der Waals surface area contributed by atoms with Gasteiger partial charge in [-0.25, -0.2) is 8.42 Å². The maximum absolute atomic E-state index is 11.6. The van der Waals surface area contributed by atoms with Crippen molar-refractivity contribution in [3.63, 3.8) is 0 Å². The van der Waals surface area contributed by atoms with Gasteiger partial charge >= 0.3 is 0 Å². The molecule has 0 spiro atoms. The van der Waals surface area contributed by atoms with E-state index in [0.717, 1.165) is 0 Å². The SMILES string of the molecule is Cc1[nH]nc(NS(=O)(=O)CC(C)C)c1N. The third-order valence-electron chi connectivity index (χ3n) is 1.80.